The van der Waals surface area contributed by atoms with Gasteiger partial charge < -0.3 is 4.74 Å². The Bertz CT molecular complexity index is 319. The summed E-state index contributed by atoms with van der Waals surface area (Å²) in [5.41, 5.74) is 1.20. The Balaban J connectivity index is 2.10. The summed E-state index contributed by atoms with van der Waals surface area (Å²) in [6.07, 6.45) is 10.9. The average Bonchev–Trinajstić information content (AvgIpc) is 2.29. The summed E-state index contributed by atoms with van der Waals surface area (Å²) in [5, 5.41) is 0. The van der Waals surface area contributed by atoms with Crippen LogP contribution in [0.1, 0.15) is 18.4 Å². The summed E-state index contributed by atoms with van der Waals surface area (Å²) in [5.74, 6) is 2.59. The molecule has 1 aromatic carbocycles. The molecule has 0 bridgehead atoms. The maximum absolute atomic E-state index is 5.38. The first kappa shape index (κ1) is 11.6. The highest BCUT2D eigenvalue weighted by atomic mass is 16.5. The van der Waals surface area contributed by atoms with Crippen LogP contribution in [-0.2, 0) is 4.74 Å². The molecule has 0 N–H and O–H groups in total. The molecule has 0 saturated heterocycles. The van der Waals surface area contributed by atoms with E-state index in [0.29, 0.717) is 6.61 Å². The van der Waals surface area contributed by atoms with E-state index in [1.165, 1.54) is 5.56 Å². The highest BCUT2D eigenvalue weighted by molar-refractivity contribution is 5.48. The summed E-state index contributed by atoms with van der Waals surface area (Å²) in [7, 11) is 0. The number of unbranched alkanes of at least 4 members (excludes halogenated alkanes) is 1. The fourth-order valence-corrected chi connectivity index (χ4v) is 1.18. The van der Waals surface area contributed by atoms with Gasteiger partial charge in [0.15, 0.2) is 0 Å². The molecule has 15 heavy (non-hydrogen) atoms. The SMILES string of the molecule is C#CCCCOCC=Cc1ccccc1. The Morgan fingerprint density at radius 3 is 2.80 bits per heavy atom. The molecule has 1 heteroatoms. The molecule has 1 rings (SSSR count). The molecule has 0 amide bonds. The minimum Gasteiger partial charge on any atom is -0.377 e. The summed E-state index contributed by atoms with van der Waals surface area (Å²) in [4.78, 5) is 0. The van der Waals surface area contributed by atoms with Crippen molar-refractivity contribution in [1.82, 2.24) is 0 Å². The van der Waals surface area contributed by atoms with Crippen molar-refractivity contribution < 1.29 is 4.74 Å². The quantitative estimate of drug-likeness (QED) is 0.506. The van der Waals surface area contributed by atoms with Crippen LogP contribution < -0.4 is 0 Å². The molecule has 0 atom stereocenters. The normalized spacial score (nSPS) is 10.3. The number of ether oxygens (including phenoxy) is 1. The van der Waals surface area contributed by atoms with Gasteiger partial charge in [0.05, 0.1) is 6.61 Å². The van der Waals surface area contributed by atoms with Gasteiger partial charge in [0, 0.05) is 13.0 Å². The summed E-state index contributed by atoms with van der Waals surface area (Å²) >= 11 is 0. The van der Waals surface area contributed by atoms with Gasteiger partial charge in [-0.3, -0.25) is 0 Å². The Labute approximate surface area is 91.8 Å². The Hall–Kier alpha value is -1.52. The van der Waals surface area contributed by atoms with Crippen molar-refractivity contribution in [1.29, 1.82) is 0 Å². The van der Waals surface area contributed by atoms with Crippen LogP contribution in [0.2, 0.25) is 0 Å². The number of hydrogen-bond donors (Lipinski definition) is 0. The lowest BCUT2D eigenvalue weighted by molar-refractivity contribution is 0.161. The van der Waals surface area contributed by atoms with E-state index in [1.807, 2.05) is 24.3 Å². The fourth-order valence-electron chi connectivity index (χ4n) is 1.18. The molecular formula is C14H16O. The van der Waals surface area contributed by atoms with Crippen LogP contribution in [0.25, 0.3) is 6.08 Å². The molecule has 0 aliphatic carbocycles. The van der Waals surface area contributed by atoms with Crippen molar-refractivity contribution in [2.45, 2.75) is 12.8 Å². The molecule has 0 radical (unpaired) electrons. The van der Waals surface area contributed by atoms with E-state index < -0.39 is 0 Å². The van der Waals surface area contributed by atoms with Gasteiger partial charge in [0.2, 0.25) is 0 Å². The standard InChI is InChI=1S/C14H16O/c1-2-3-7-12-15-13-8-11-14-9-5-4-6-10-14/h1,4-6,8-11H,3,7,12-13H2. The second-order valence-corrected chi connectivity index (χ2v) is 3.20. The molecule has 1 aromatic rings. The zero-order valence-electron chi connectivity index (χ0n) is 8.86. The number of benzene rings is 1. The largest absolute Gasteiger partial charge is 0.377 e. The summed E-state index contributed by atoms with van der Waals surface area (Å²) in [6.45, 7) is 1.39. The minimum atomic E-state index is 0.652. The molecule has 0 heterocycles. The second-order valence-electron chi connectivity index (χ2n) is 3.20. The summed E-state index contributed by atoms with van der Waals surface area (Å²) < 4.78 is 5.38. The van der Waals surface area contributed by atoms with E-state index in [2.05, 4.69) is 24.1 Å². The van der Waals surface area contributed by atoms with Crippen molar-refractivity contribution in [3.63, 3.8) is 0 Å². The molecular weight excluding hydrogens is 184 g/mol. The second kappa shape index (κ2) is 7.84. The van der Waals surface area contributed by atoms with Gasteiger partial charge in [-0.1, -0.05) is 42.5 Å². The molecule has 0 unspecified atom stereocenters. The average molecular weight is 200 g/mol. The van der Waals surface area contributed by atoms with Gasteiger partial charge >= 0.3 is 0 Å². The maximum Gasteiger partial charge on any atom is 0.0650 e. The van der Waals surface area contributed by atoms with Crippen LogP contribution in [-0.4, -0.2) is 13.2 Å². The first-order chi connectivity index (χ1) is 7.43. The number of rotatable bonds is 6. The predicted octanol–water partition coefficient (Wildman–Crippen LogP) is 3.13. The summed E-state index contributed by atoms with van der Waals surface area (Å²) in [6, 6.07) is 10.2. The van der Waals surface area contributed by atoms with Crippen molar-refractivity contribution in [2.75, 3.05) is 13.2 Å². The van der Waals surface area contributed by atoms with E-state index in [4.69, 9.17) is 11.2 Å². The lowest BCUT2D eigenvalue weighted by Crippen LogP contribution is -1.93. The van der Waals surface area contributed by atoms with Gasteiger partial charge in [0.1, 0.15) is 0 Å². The topological polar surface area (TPSA) is 9.23 Å². The third kappa shape index (κ3) is 5.72. The molecule has 0 aliphatic rings. The van der Waals surface area contributed by atoms with Crippen LogP contribution >= 0.6 is 0 Å². The van der Waals surface area contributed by atoms with Crippen molar-refractivity contribution in [3.05, 3.63) is 42.0 Å². The van der Waals surface area contributed by atoms with Gasteiger partial charge in [0.25, 0.3) is 0 Å². The zero-order chi connectivity index (χ0) is 10.8. The number of terminal acetylenes is 1. The Kier molecular flexibility index (Phi) is 6.04. The van der Waals surface area contributed by atoms with Crippen LogP contribution in [0.4, 0.5) is 0 Å². The third-order valence-corrected chi connectivity index (χ3v) is 1.93. The molecule has 1 nitrogen and oxygen atoms in total. The molecule has 0 aromatic heterocycles. The number of hydrogen-bond acceptors (Lipinski definition) is 1. The van der Waals surface area contributed by atoms with Gasteiger partial charge in [-0.05, 0) is 12.0 Å². The zero-order valence-corrected chi connectivity index (χ0v) is 8.86. The van der Waals surface area contributed by atoms with E-state index in [9.17, 15) is 0 Å². The van der Waals surface area contributed by atoms with Crippen LogP contribution in [0.15, 0.2) is 36.4 Å². The van der Waals surface area contributed by atoms with Crippen LogP contribution in [0.5, 0.6) is 0 Å². The van der Waals surface area contributed by atoms with E-state index in [-0.39, 0.29) is 0 Å². The van der Waals surface area contributed by atoms with E-state index in [1.54, 1.807) is 0 Å². The van der Waals surface area contributed by atoms with E-state index >= 15 is 0 Å². The molecule has 0 saturated carbocycles. The lowest BCUT2D eigenvalue weighted by Gasteiger charge is -1.97. The van der Waals surface area contributed by atoms with Crippen molar-refractivity contribution in [2.24, 2.45) is 0 Å². The van der Waals surface area contributed by atoms with E-state index in [0.717, 1.165) is 19.4 Å². The van der Waals surface area contributed by atoms with Crippen LogP contribution in [0.3, 0.4) is 0 Å². The highest BCUT2D eigenvalue weighted by Crippen LogP contribution is 2.00. The van der Waals surface area contributed by atoms with Crippen LogP contribution in [0, 0.1) is 12.3 Å². The molecule has 0 fully saturated rings. The molecule has 78 valence electrons. The van der Waals surface area contributed by atoms with Gasteiger partial charge in [-0.2, -0.15) is 0 Å². The first-order valence-electron chi connectivity index (χ1n) is 5.16. The molecule has 0 spiro atoms. The third-order valence-electron chi connectivity index (χ3n) is 1.93. The van der Waals surface area contributed by atoms with Crippen molar-refractivity contribution in [3.8, 4) is 12.3 Å². The fraction of sp³-hybridized carbons (Fsp3) is 0.286. The highest BCUT2D eigenvalue weighted by Gasteiger charge is 1.85. The van der Waals surface area contributed by atoms with Gasteiger partial charge in [-0.15, -0.1) is 12.3 Å². The minimum absolute atomic E-state index is 0.652. The van der Waals surface area contributed by atoms with Gasteiger partial charge in [-0.25, -0.2) is 0 Å². The van der Waals surface area contributed by atoms with Crippen molar-refractivity contribution >= 4 is 6.08 Å². The lowest BCUT2D eigenvalue weighted by atomic mass is 10.2. The Morgan fingerprint density at radius 1 is 1.27 bits per heavy atom. The maximum atomic E-state index is 5.38. The monoisotopic (exact) mass is 200 g/mol. The molecule has 0 aliphatic heterocycles. The Morgan fingerprint density at radius 2 is 2.07 bits per heavy atom. The first-order valence-corrected chi connectivity index (χ1v) is 5.16. The predicted molar refractivity (Wildman–Crippen MR) is 64.4 cm³/mol. The smallest absolute Gasteiger partial charge is 0.0650 e.